The maximum atomic E-state index is 10.1. The van der Waals surface area contributed by atoms with Crippen LogP contribution in [0.1, 0.15) is 53.2 Å². The molecule has 0 saturated carbocycles. The van der Waals surface area contributed by atoms with Crippen LogP contribution in [0.3, 0.4) is 0 Å². The second kappa shape index (κ2) is 8.56. The average molecular weight is 309 g/mol. The van der Waals surface area contributed by atoms with Crippen molar-refractivity contribution in [3.63, 3.8) is 0 Å². The van der Waals surface area contributed by atoms with Crippen molar-refractivity contribution in [3.8, 4) is 0 Å². The van der Waals surface area contributed by atoms with Gasteiger partial charge in [0.2, 0.25) is 0 Å². The van der Waals surface area contributed by atoms with E-state index in [-0.39, 0.29) is 6.42 Å². The van der Waals surface area contributed by atoms with Crippen LogP contribution in [-0.4, -0.2) is 56.4 Å². The third-order valence-electron chi connectivity index (χ3n) is 3.75. The number of hydrogen-bond donors (Lipinski definition) is 5. The van der Waals surface area contributed by atoms with Gasteiger partial charge in [-0.05, 0) is 12.8 Å². The van der Waals surface area contributed by atoms with E-state index in [0.717, 1.165) is 25.7 Å². The minimum Gasteiger partial charge on any atom is -0.394 e. The lowest BCUT2D eigenvalue weighted by atomic mass is 9.91. The van der Waals surface area contributed by atoms with Crippen molar-refractivity contribution in [3.05, 3.63) is 0 Å². The second-order valence-electron chi connectivity index (χ2n) is 5.45. The van der Waals surface area contributed by atoms with Gasteiger partial charge in [-0.3, -0.25) is 0 Å². The van der Waals surface area contributed by atoms with Crippen LogP contribution in [-0.2, 0) is 4.74 Å². The third-order valence-corrected chi connectivity index (χ3v) is 4.30. The molecule has 0 aromatic carbocycles. The summed E-state index contributed by atoms with van der Waals surface area (Å²) in [4.78, 5) is -1.43. The number of rotatable bonds is 8. The van der Waals surface area contributed by atoms with Crippen LogP contribution in [0, 0.1) is 0 Å². The zero-order valence-corrected chi connectivity index (χ0v) is 12.9. The molecule has 0 aromatic heterocycles. The zero-order chi connectivity index (χ0) is 16.0. The predicted molar refractivity (Wildman–Crippen MR) is 79.7 cm³/mol. The molecule has 1 fully saturated rings. The topological polar surface area (TPSA) is 90.2 Å². The van der Waals surface area contributed by atoms with Crippen molar-refractivity contribution in [1.29, 1.82) is 0 Å². The van der Waals surface area contributed by atoms with E-state index in [1.807, 2.05) is 0 Å². The quantitative estimate of drug-likeness (QED) is 0.339. The first-order valence-corrected chi connectivity index (χ1v) is 7.78. The van der Waals surface area contributed by atoms with Crippen molar-refractivity contribution in [2.24, 2.45) is 0 Å². The smallest absolute Gasteiger partial charge is 0.140 e. The van der Waals surface area contributed by atoms with E-state index in [0.29, 0.717) is 6.42 Å². The molecule has 0 bridgehead atoms. The molecule has 120 valence electrons. The molecule has 1 heterocycles. The van der Waals surface area contributed by atoms with Crippen LogP contribution in [0.4, 0.5) is 0 Å². The van der Waals surface area contributed by atoms with Gasteiger partial charge in [0.25, 0.3) is 0 Å². The van der Waals surface area contributed by atoms with Gasteiger partial charge in [-0.2, -0.15) is 0 Å². The minimum atomic E-state index is -1.44. The van der Waals surface area contributed by atoms with Crippen molar-refractivity contribution < 1.29 is 26.5 Å². The standard InChI is InChI=1S/C14H28O5S/c1-2-3-4-5-6-7-8-14(20)13(18)12(17)11(16)10(9-15)19-14/h10-13,15-18,20H,2-9H2,1H3/t10-,11-,12+,13-,14?/m1/s1/i7D/t7?,10-,11-,12+,13-,14?. The van der Waals surface area contributed by atoms with Gasteiger partial charge in [-0.1, -0.05) is 39.0 Å². The number of ether oxygens (including phenoxy) is 1. The number of aliphatic hydroxyl groups excluding tert-OH is 4. The van der Waals surface area contributed by atoms with Crippen LogP contribution in [0.15, 0.2) is 0 Å². The molecule has 0 amide bonds. The van der Waals surface area contributed by atoms with Crippen molar-refractivity contribution in [1.82, 2.24) is 0 Å². The Balaban J connectivity index is 2.57. The van der Waals surface area contributed by atoms with Crippen LogP contribution in [0.2, 0.25) is 0 Å². The molecule has 4 N–H and O–H groups in total. The number of hydrogen-bond acceptors (Lipinski definition) is 6. The van der Waals surface area contributed by atoms with Crippen molar-refractivity contribution in [2.45, 2.75) is 81.2 Å². The molecule has 20 heavy (non-hydrogen) atoms. The lowest BCUT2D eigenvalue weighted by Crippen LogP contribution is -2.62. The lowest BCUT2D eigenvalue weighted by molar-refractivity contribution is -0.243. The van der Waals surface area contributed by atoms with Crippen molar-refractivity contribution in [2.75, 3.05) is 6.61 Å². The molecule has 1 saturated heterocycles. The Labute approximate surface area is 127 Å². The van der Waals surface area contributed by atoms with E-state index in [1.165, 1.54) is 0 Å². The van der Waals surface area contributed by atoms with E-state index < -0.39 is 42.4 Å². The fourth-order valence-electron chi connectivity index (χ4n) is 2.41. The van der Waals surface area contributed by atoms with Crippen LogP contribution in [0.5, 0.6) is 0 Å². The van der Waals surface area contributed by atoms with Crippen molar-refractivity contribution >= 4 is 12.6 Å². The lowest BCUT2D eigenvalue weighted by Gasteiger charge is -2.46. The van der Waals surface area contributed by atoms with E-state index in [4.69, 9.17) is 6.11 Å². The molecule has 0 spiro atoms. The molecule has 0 aliphatic carbocycles. The minimum absolute atomic E-state index is 0.129. The Hall–Kier alpha value is 0.150. The first-order valence-electron chi connectivity index (χ1n) is 7.91. The number of unbranched alkanes of at least 4 members (excludes halogenated alkanes) is 3. The Morgan fingerprint density at radius 2 is 1.80 bits per heavy atom. The molecule has 1 aliphatic heterocycles. The normalized spacial score (nSPS) is 40.4. The van der Waals surface area contributed by atoms with E-state index in [1.54, 1.807) is 0 Å². The fraction of sp³-hybridized carbons (Fsp3) is 1.00. The van der Waals surface area contributed by atoms with Gasteiger partial charge in [-0.25, -0.2) is 0 Å². The molecule has 1 aliphatic rings. The van der Waals surface area contributed by atoms with Gasteiger partial charge >= 0.3 is 0 Å². The highest BCUT2D eigenvalue weighted by atomic mass is 32.1. The molecule has 0 aromatic rings. The van der Waals surface area contributed by atoms with E-state index >= 15 is 0 Å². The van der Waals surface area contributed by atoms with Crippen LogP contribution < -0.4 is 0 Å². The average Bonchev–Trinajstić information content (AvgIpc) is 2.45. The molecule has 5 nitrogen and oxygen atoms in total. The van der Waals surface area contributed by atoms with Crippen LogP contribution in [0.25, 0.3) is 0 Å². The summed E-state index contributed by atoms with van der Waals surface area (Å²) in [7, 11) is 0. The van der Waals surface area contributed by atoms with Gasteiger partial charge in [0.05, 0.1) is 6.61 Å². The van der Waals surface area contributed by atoms with Gasteiger partial charge in [0.15, 0.2) is 0 Å². The monoisotopic (exact) mass is 309 g/mol. The SMILES string of the molecule is [2H]C(CCCCCC)CC1(S)O[C@H](CO)[C@@H](O)[C@H](O)[C@H]1O. The first kappa shape index (κ1) is 16.5. The second-order valence-corrected chi connectivity index (χ2v) is 6.21. The maximum absolute atomic E-state index is 10.1. The Kier molecular flexibility index (Phi) is 7.07. The van der Waals surface area contributed by atoms with Crippen LogP contribution >= 0.6 is 12.6 Å². The molecule has 0 radical (unpaired) electrons. The molecular weight excluding hydrogens is 280 g/mol. The largest absolute Gasteiger partial charge is 0.394 e. The molecule has 1 rings (SSSR count). The Morgan fingerprint density at radius 1 is 1.15 bits per heavy atom. The Bertz CT molecular complexity index is 307. The van der Waals surface area contributed by atoms with Gasteiger partial charge in [0.1, 0.15) is 29.3 Å². The number of aliphatic hydroxyl groups is 4. The maximum Gasteiger partial charge on any atom is 0.140 e. The molecule has 6 atom stereocenters. The highest BCUT2D eigenvalue weighted by Crippen LogP contribution is 2.37. The van der Waals surface area contributed by atoms with Gasteiger partial charge in [0, 0.05) is 1.37 Å². The van der Waals surface area contributed by atoms with Gasteiger partial charge in [-0.15, -0.1) is 12.6 Å². The molecule has 2 unspecified atom stereocenters. The summed E-state index contributed by atoms with van der Waals surface area (Å²) in [6, 6.07) is 0. The summed E-state index contributed by atoms with van der Waals surface area (Å²) in [5.41, 5.74) is 0. The highest BCUT2D eigenvalue weighted by molar-refractivity contribution is 7.81. The highest BCUT2D eigenvalue weighted by Gasteiger charge is 2.50. The summed E-state index contributed by atoms with van der Waals surface area (Å²) >= 11 is 4.29. The summed E-state index contributed by atoms with van der Waals surface area (Å²) in [5.74, 6) is 0. The number of thiol groups is 1. The zero-order valence-electron chi connectivity index (χ0n) is 13.0. The third kappa shape index (κ3) is 4.58. The summed E-state index contributed by atoms with van der Waals surface area (Å²) < 4.78 is 13.5. The van der Waals surface area contributed by atoms with E-state index in [9.17, 15) is 20.4 Å². The Morgan fingerprint density at radius 3 is 2.40 bits per heavy atom. The summed E-state index contributed by atoms with van der Waals surface area (Å²) in [5, 5.41) is 38.8. The van der Waals surface area contributed by atoms with Gasteiger partial charge < -0.3 is 25.2 Å². The first-order chi connectivity index (χ1) is 9.85. The fourth-order valence-corrected chi connectivity index (χ4v) is 2.83. The van der Waals surface area contributed by atoms with E-state index in [2.05, 4.69) is 19.6 Å². The molecule has 6 heteroatoms. The summed E-state index contributed by atoms with van der Waals surface area (Å²) in [6.07, 6.45) is -0.638. The molecular formula is C14H28O5S. The predicted octanol–water partition coefficient (Wildman–Crippen LogP) is 0.837. The summed E-state index contributed by atoms with van der Waals surface area (Å²) in [6.45, 7) is 1.64.